The summed E-state index contributed by atoms with van der Waals surface area (Å²) in [7, 11) is 0. The van der Waals surface area contributed by atoms with Crippen LogP contribution in [0.4, 0.5) is 13.2 Å². The normalized spacial score (nSPS) is 15.5. The molecule has 0 spiro atoms. The molecule has 0 heterocycles. The number of amides is 1. The quantitative estimate of drug-likeness (QED) is 0.852. The van der Waals surface area contributed by atoms with Crippen LogP contribution in [0.5, 0.6) is 0 Å². The molecule has 0 bridgehead atoms. The lowest BCUT2D eigenvalue weighted by Crippen LogP contribution is -2.52. The maximum atomic E-state index is 13.0. The topological polar surface area (TPSA) is 43.1 Å². The first-order valence-electron chi connectivity index (χ1n) is 4.78. The van der Waals surface area contributed by atoms with Gasteiger partial charge in [-0.1, -0.05) is 37.3 Å². The number of rotatable bonds is 3. The Bertz CT molecular complexity index is 375. The fourth-order valence-electron chi connectivity index (χ4n) is 1.75. The van der Waals surface area contributed by atoms with Gasteiger partial charge >= 0.3 is 6.18 Å². The minimum atomic E-state index is -4.69. The first-order chi connectivity index (χ1) is 7.36. The van der Waals surface area contributed by atoms with Crippen molar-refractivity contribution in [2.24, 2.45) is 5.73 Å². The van der Waals surface area contributed by atoms with E-state index in [0.717, 1.165) is 0 Å². The zero-order valence-corrected chi connectivity index (χ0v) is 8.71. The fourth-order valence-corrected chi connectivity index (χ4v) is 1.75. The van der Waals surface area contributed by atoms with Crippen LogP contribution in [0.2, 0.25) is 0 Å². The highest BCUT2D eigenvalue weighted by Crippen LogP contribution is 2.43. The van der Waals surface area contributed by atoms with Crippen molar-refractivity contribution in [3.8, 4) is 0 Å². The van der Waals surface area contributed by atoms with E-state index in [0.29, 0.717) is 0 Å². The van der Waals surface area contributed by atoms with Crippen LogP contribution in [-0.4, -0.2) is 12.1 Å². The van der Waals surface area contributed by atoms with Crippen molar-refractivity contribution in [3.63, 3.8) is 0 Å². The minimum Gasteiger partial charge on any atom is -0.369 e. The zero-order chi connectivity index (χ0) is 12.4. The van der Waals surface area contributed by atoms with E-state index in [1.54, 1.807) is 6.07 Å². The number of alkyl halides is 3. The highest BCUT2D eigenvalue weighted by atomic mass is 19.4. The molecule has 0 aliphatic heterocycles. The number of carbonyl (C=O) groups is 1. The molecule has 0 aliphatic rings. The Morgan fingerprint density at radius 3 is 2.06 bits per heavy atom. The van der Waals surface area contributed by atoms with Crippen LogP contribution in [0.25, 0.3) is 0 Å². The third-order valence-corrected chi connectivity index (χ3v) is 2.70. The summed E-state index contributed by atoms with van der Waals surface area (Å²) in [5, 5.41) is 0. The lowest BCUT2D eigenvalue weighted by atomic mass is 9.76. The van der Waals surface area contributed by atoms with Gasteiger partial charge in [-0.15, -0.1) is 0 Å². The van der Waals surface area contributed by atoms with E-state index >= 15 is 0 Å². The molecule has 0 fully saturated rings. The van der Waals surface area contributed by atoms with E-state index < -0.39 is 23.9 Å². The number of carbonyl (C=O) groups excluding carboxylic acids is 1. The Morgan fingerprint density at radius 2 is 1.75 bits per heavy atom. The summed E-state index contributed by atoms with van der Waals surface area (Å²) in [6, 6.07) is 7.02. The molecular weight excluding hydrogens is 219 g/mol. The van der Waals surface area contributed by atoms with Crippen LogP contribution in [-0.2, 0) is 10.2 Å². The van der Waals surface area contributed by atoms with E-state index in [9.17, 15) is 18.0 Å². The molecular formula is C11H12F3NO. The predicted molar refractivity (Wildman–Crippen MR) is 53.7 cm³/mol. The SMILES string of the molecule is CCC(C(N)=O)(c1ccccc1)C(F)(F)F. The lowest BCUT2D eigenvalue weighted by molar-refractivity contribution is -0.194. The van der Waals surface area contributed by atoms with Gasteiger partial charge in [0, 0.05) is 0 Å². The van der Waals surface area contributed by atoms with Crippen molar-refractivity contribution in [2.75, 3.05) is 0 Å². The van der Waals surface area contributed by atoms with Crippen molar-refractivity contribution >= 4 is 5.91 Å². The Kier molecular flexibility index (Phi) is 3.26. The molecule has 5 heteroatoms. The van der Waals surface area contributed by atoms with Gasteiger partial charge in [0.05, 0.1) is 0 Å². The molecule has 0 saturated heterocycles. The zero-order valence-electron chi connectivity index (χ0n) is 8.71. The number of benzene rings is 1. The molecule has 0 aromatic heterocycles. The predicted octanol–water partition coefficient (Wildman–Crippen LogP) is 2.38. The van der Waals surface area contributed by atoms with Crippen LogP contribution >= 0.6 is 0 Å². The highest BCUT2D eigenvalue weighted by Gasteiger charge is 2.59. The van der Waals surface area contributed by atoms with E-state index in [4.69, 9.17) is 5.73 Å². The Morgan fingerprint density at radius 1 is 1.25 bits per heavy atom. The van der Waals surface area contributed by atoms with Crippen molar-refractivity contribution in [1.82, 2.24) is 0 Å². The van der Waals surface area contributed by atoms with E-state index in [-0.39, 0.29) is 5.56 Å². The van der Waals surface area contributed by atoms with Crippen LogP contribution in [0.1, 0.15) is 18.9 Å². The van der Waals surface area contributed by atoms with Crippen molar-refractivity contribution in [1.29, 1.82) is 0 Å². The van der Waals surface area contributed by atoms with Gasteiger partial charge in [0.15, 0.2) is 5.41 Å². The second-order valence-corrected chi connectivity index (χ2v) is 3.49. The van der Waals surface area contributed by atoms with Crippen LogP contribution in [0.15, 0.2) is 30.3 Å². The molecule has 16 heavy (non-hydrogen) atoms. The Labute approximate surface area is 91.3 Å². The molecule has 0 radical (unpaired) electrons. The van der Waals surface area contributed by atoms with Gasteiger partial charge in [-0.05, 0) is 12.0 Å². The largest absolute Gasteiger partial charge is 0.407 e. The molecule has 1 rings (SSSR count). The van der Waals surface area contributed by atoms with Gasteiger partial charge in [-0.2, -0.15) is 13.2 Å². The molecule has 1 aromatic carbocycles. The van der Waals surface area contributed by atoms with Gasteiger partial charge in [0.25, 0.3) is 0 Å². The first kappa shape index (κ1) is 12.5. The summed E-state index contributed by atoms with van der Waals surface area (Å²) in [5.74, 6) is -1.37. The molecule has 0 aliphatic carbocycles. The van der Waals surface area contributed by atoms with E-state index in [1.807, 2.05) is 0 Å². The van der Waals surface area contributed by atoms with Crippen molar-refractivity contribution in [2.45, 2.75) is 24.9 Å². The number of halogens is 3. The monoisotopic (exact) mass is 231 g/mol. The van der Waals surface area contributed by atoms with Crippen LogP contribution in [0, 0.1) is 0 Å². The van der Waals surface area contributed by atoms with Gasteiger partial charge in [-0.3, -0.25) is 4.79 Å². The van der Waals surface area contributed by atoms with Gasteiger partial charge in [-0.25, -0.2) is 0 Å². The fraction of sp³-hybridized carbons (Fsp3) is 0.364. The Balaban J connectivity index is 3.42. The second kappa shape index (κ2) is 4.15. The summed E-state index contributed by atoms with van der Waals surface area (Å²) in [5.41, 5.74) is 2.24. The molecule has 1 aromatic rings. The van der Waals surface area contributed by atoms with Crippen molar-refractivity contribution < 1.29 is 18.0 Å². The average molecular weight is 231 g/mol. The number of hydrogen-bond acceptors (Lipinski definition) is 1. The molecule has 0 saturated carbocycles. The molecule has 2 nitrogen and oxygen atoms in total. The summed E-state index contributed by atoms with van der Waals surface area (Å²) in [6.45, 7) is 1.30. The Hall–Kier alpha value is -1.52. The summed E-state index contributed by atoms with van der Waals surface area (Å²) >= 11 is 0. The van der Waals surface area contributed by atoms with Gasteiger partial charge < -0.3 is 5.73 Å². The van der Waals surface area contributed by atoms with Gasteiger partial charge in [0.1, 0.15) is 0 Å². The average Bonchev–Trinajstić information content (AvgIpc) is 2.18. The molecule has 2 N–H and O–H groups in total. The summed E-state index contributed by atoms with van der Waals surface area (Å²) in [4.78, 5) is 11.2. The standard InChI is InChI=1S/C11H12F3NO/c1-2-10(9(15)16,11(12,13)14)8-6-4-3-5-7-8/h3-7H,2H2,1H3,(H2,15,16). The highest BCUT2D eigenvalue weighted by molar-refractivity contribution is 5.87. The second-order valence-electron chi connectivity index (χ2n) is 3.49. The third-order valence-electron chi connectivity index (χ3n) is 2.70. The summed E-state index contributed by atoms with van der Waals surface area (Å²) in [6.07, 6.45) is -5.09. The minimum absolute atomic E-state index is 0.113. The summed E-state index contributed by atoms with van der Waals surface area (Å²) < 4.78 is 39.0. The molecule has 1 atom stereocenters. The molecule has 1 unspecified atom stereocenters. The third kappa shape index (κ3) is 1.77. The van der Waals surface area contributed by atoms with Gasteiger partial charge in [0.2, 0.25) is 5.91 Å². The van der Waals surface area contributed by atoms with E-state index in [2.05, 4.69) is 0 Å². The smallest absolute Gasteiger partial charge is 0.369 e. The van der Waals surface area contributed by atoms with E-state index in [1.165, 1.54) is 31.2 Å². The number of nitrogens with two attached hydrogens (primary N) is 1. The number of hydrogen-bond donors (Lipinski definition) is 1. The maximum absolute atomic E-state index is 13.0. The van der Waals surface area contributed by atoms with Crippen molar-refractivity contribution in [3.05, 3.63) is 35.9 Å². The van der Waals surface area contributed by atoms with Crippen LogP contribution in [0.3, 0.4) is 0 Å². The molecule has 88 valence electrons. The van der Waals surface area contributed by atoms with Crippen LogP contribution < -0.4 is 5.73 Å². The molecule has 1 amide bonds. The lowest BCUT2D eigenvalue weighted by Gasteiger charge is -2.32. The number of primary amides is 1. The maximum Gasteiger partial charge on any atom is 0.407 e. The first-order valence-corrected chi connectivity index (χ1v) is 4.78.